The van der Waals surface area contributed by atoms with E-state index in [1.54, 1.807) is 0 Å². The molecule has 24 nitrogen and oxygen atoms in total. The number of aliphatic carboxylic acids is 10. The first-order valence-corrected chi connectivity index (χ1v) is 10.7. The molecule has 0 unspecified atom stereocenters. The molecule has 15 N–H and O–H groups in total. The molecule has 0 bridgehead atoms. The zero-order chi connectivity index (χ0) is 36.2. The molecule has 0 aliphatic rings. The minimum absolute atomic E-state index is 0.278. The van der Waals surface area contributed by atoms with Crippen molar-refractivity contribution in [1.29, 1.82) is 0 Å². The molecule has 0 aromatic rings. The predicted octanol–water partition coefficient (Wildman–Crippen LogP) is -4.72. The highest BCUT2D eigenvalue weighted by Gasteiger charge is 2.42. The van der Waals surface area contributed by atoms with Crippen LogP contribution in [-0.2, 0) is 47.9 Å². The first-order valence-electron chi connectivity index (χ1n) is 10.7. The molecule has 252 valence electrons. The lowest BCUT2D eigenvalue weighted by Gasteiger charge is -2.18. The van der Waals surface area contributed by atoms with Crippen molar-refractivity contribution in [1.82, 2.24) is 0 Å². The van der Waals surface area contributed by atoms with E-state index in [0.29, 0.717) is 0 Å². The van der Waals surface area contributed by atoms with Gasteiger partial charge < -0.3 is 72.1 Å². The van der Waals surface area contributed by atoms with E-state index in [1.165, 1.54) is 0 Å². The van der Waals surface area contributed by atoms with Crippen molar-refractivity contribution >= 4 is 59.7 Å². The van der Waals surface area contributed by atoms with E-state index >= 15 is 0 Å². The van der Waals surface area contributed by atoms with Crippen LogP contribution in [0.15, 0.2) is 0 Å². The van der Waals surface area contributed by atoms with Crippen LogP contribution in [0.4, 0.5) is 0 Å². The van der Waals surface area contributed by atoms with Crippen LogP contribution >= 0.6 is 0 Å². The monoisotopic (exact) mass is 651 g/mol. The molecule has 24 heteroatoms. The van der Waals surface area contributed by atoms with Crippen molar-refractivity contribution < 1.29 is 114 Å². The normalized spacial score (nSPS) is 10.5. The second-order valence-electron chi connectivity index (χ2n) is 8.03. The van der Waals surface area contributed by atoms with Crippen LogP contribution in [0.1, 0.15) is 38.5 Å². The van der Waals surface area contributed by atoms with Gasteiger partial charge in [0.1, 0.15) is 0 Å². The van der Waals surface area contributed by atoms with Crippen LogP contribution < -0.4 is 5.73 Å². The lowest BCUT2D eigenvalue weighted by molar-refractivity contribution is -0.170. The van der Waals surface area contributed by atoms with Gasteiger partial charge in [0.15, 0.2) is 16.8 Å². The third kappa shape index (κ3) is 23.3. The van der Waals surface area contributed by atoms with Gasteiger partial charge >= 0.3 is 59.7 Å². The highest BCUT2D eigenvalue weighted by molar-refractivity contribution is 5.89. The average Bonchev–Trinajstić information content (AvgIpc) is 2.76. The number of hydrogen-bond acceptors (Lipinski definition) is 14. The molecule has 0 saturated heterocycles. The number of carboxylic acids is 10. The van der Waals surface area contributed by atoms with Gasteiger partial charge in [-0.15, -0.1) is 0 Å². The third-order valence-electron chi connectivity index (χ3n) is 4.03. The first-order chi connectivity index (χ1) is 19.6. The second kappa shape index (κ2) is 20.4. The summed E-state index contributed by atoms with van der Waals surface area (Å²) < 4.78 is 0. The van der Waals surface area contributed by atoms with E-state index < -0.39 is 115 Å². The van der Waals surface area contributed by atoms with E-state index in [1.807, 2.05) is 0 Å². The number of rotatable bonds is 16. The van der Waals surface area contributed by atoms with Gasteiger partial charge in [0.2, 0.25) is 0 Å². The molecule has 0 amide bonds. The fourth-order valence-electron chi connectivity index (χ4n) is 2.14. The number of nitrogens with two attached hydrogens (primary N) is 1. The fraction of sp³-hybridized carbons (Fsp3) is 0.500. The van der Waals surface area contributed by atoms with Gasteiger partial charge in [-0.05, 0) is 0 Å². The molecule has 0 spiro atoms. The fourth-order valence-corrected chi connectivity index (χ4v) is 2.14. The molecule has 0 fully saturated rings. The second-order valence-corrected chi connectivity index (χ2v) is 8.03. The third-order valence-corrected chi connectivity index (χ3v) is 4.03. The summed E-state index contributed by atoms with van der Waals surface area (Å²) in [4.78, 5) is 101. The summed E-state index contributed by atoms with van der Waals surface area (Å²) in [5.41, 5.74) is -3.64. The molecule has 0 aromatic carbocycles. The number of carbonyl (C=O) groups is 10. The summed E-state index contributed by atoms with van der Waals surface area (Å²) in [6.07, 6.45) is -6.87. The van der Waals surface area contributed by atoms with Crippen molar-refractivity contribution in [2.45, 2.75) is 55.3 Å². The average molecular weight is 651 g/mol. The van der Waals surface area contributed by atoms with Crippen LogP contribution in [0.25, 0.3) is 0 Å². The SMILES string of the molecule is NCC(=O)O.O=C(O)CC(O)(CC(=O)O)C(=O)O.O=C(O)CC(O)(CC(=O)O)C(=O)O.O=C(O)CC(O)(CC(=O)O)C(=O)O. The van der Waals surface area contributed by atoms with Crippen molar-refractivity contribution in [2.75, 3.05) is 6.54 Å². The van der Waals surface area contributed by atoms with Crippen molar-refractivity contribution in [3.05, 3.63) is 0 Å². The Morgan fingerprint density at radius 1 is 0.341 bits per heavy atom. The van der Waals surface area contributed by atoms with E-state index in [4.69, 9.17) is 66.4 Å². The molecule has 0 aliphatic heterocycles. The zero-order valence-corrected chi connectivity index (χ0v) is 21.9. The van der Waals surface area contributed by atoms with Gasteiger partial charge in [-0.1, -0.05) is 0 Å². The highest BCUT2D eigenvalue weighted by atomic mass is 16.4. The van der Waals surface area contributed by atoms with Gasteiger partial charge in [-0.2, -0.15) is 0 Å². The minimum Gasteiger partial charge on any atom is -0.481 e. The maximum Gasteiger partial charge on any atom is 0.336 e. The van der Waals surface area contributed by atoms with Gasteiger partial charge in [0, 0.05) is 0 Å². The summed E-state index contributed by atoms with van der Waals surface area (Å²) in [5.74, 6) is -16.0. The lowest BCUT2D eigenvalue weighted by Crippen LogP contribution is -2.42. The van der Waals surface area contributed by atoms with Gasteiger partial charge in [0.05, 0.1) is 45.1 Å². The molecule has 0 atom stereocenters. The van der Waals surface area contributed by atoms with Crippen molar-refractivity contribution in [3.63, 3.8) is 0 Å². The largest absolute Gasteiger partial charge is 0.481 e. The van der Waals surface area contributed by atoms with Crippen molar-refractivity contribution in [3.8, 4) is 0 Å². The lowest BCUT2D eigenvalue weighted by atomic mass is 9.96. The molecule has 0 saturated carbocycles. The molecule has 0 rings (SSSR count). The maximum absolute atomic E-state index is 10.3. The Morgan fingerprint density at radius 3 is 0.500 bits per heavy atom. The summed E-state index contributed by atoms with van der Waals surface area (Å²) in [6, 6.07) is 0. The van der Waals surface area contributed by atoms with E-state index in [0.717, 1.165) is 0 Å². The van der Waals surface area contributed by atoms with Gasteiger partial charge in [-0.25, -0.2) is 14.4 Å². The summed E-state index contributed by atoms with van der Waals surface area (Å²) in [6.45, 7) is -0.278. The zero-order valence-electron chi connectivity index (χ0n) is 21.9. The summed E-state index contributed by atoms with van der Waals surface area (Å²) in [5, 5.41) is 109. The molecular formula is C20H29NO23. The van der Waals surface area contributed by atoms with Crippen LogP contribution in [0.2, 0.25) is 0 Å². The Hall–Kier alpha value is -5.46. The minimum atomic E-state index is -2.74. The number of carboxylic acid groups (broad SMARTS) is 10. The first kappa shape index (κ1) is 45.5. The molecule has 0 heterocycles. The molecule has 44 heavy (non-hydrogen) atoms. The number of hydrogen-bond donors (Lipinski definition) is 14. The van der Waals surface area contributed by atoms with Gasteiger partial charge in [-0.3, -0.25) is 33.6 Å². The molecule has 0 radical (unpaired) electrons. The Morgan fingerprint density at radius 2 is 0.455 bits per heavy atom. The number of aliphatic hydroxyl groups is 3. The quantitative estimate of drug-likeness (QED) is 0.0745. The Labute approximate surface area is 242 Å². The smallest absolute Gasteiger partial charge is 0.336 e. The Bertz CT molecular complexity index is 922. The molecule has 0 aromatic heterocycles. The standard InChI is InChI=1S/3C6H8O7.C2H5NO2/c3*7-3(8)1-6(13,5(11)12)2-4(9)10;3-1-2(4)5/h3*13H,1-2H2,(H,7,8)(H,9,10)(H,11,12);1,3H2,(H,4,5). The predicted molar refractivity (Wildman–Crippen MR) is 128 cm³/mol. The molecular weight excluding hydrogens is 622 g/mol. The van der Waals surface area contributed by atoms with Crippen LogP contribution in [0.3, 0.4) is 0 Å². The topological polar surface area (TPSA) is 460 Å². The summed E-state index contributed by atoms with van der Waals surface area (Å²) in [7, 11) is 0. The van der Waals surface area contributed by atoms with E-state index in [-0.39, 0.29) is 6.54 Å². The maximum atomic E-state index is 10.3. The Balaban J connectivity index is -0.000000253. The van der Waals surface area contributed by atoms with E-state index in [2.05, 4.69) is 5.73 Å². The summed E-state index contributed by atoms with van der Waals surface area (Å²) >= 11 is 0. The van der Waals surface area contributed by atoms with Crippen molar-refractivity contribution in [2.24, 2.45) is 5.73 Å². The van der Waals surface area contributed by atoms with Crippen LogP contribution in [0.5, 0.6) is 0 Å². The van der Waals surface area contributed by atoms with E-state index in [9.17, 15) is 47.9 Å². The Kier molecular flexibility index (Phi) is 21.1. The van der Waals surface area contributed by atoms with Crippen LogP contribution in [-0.4, -0.2) is 149 Å². The van der Waals surface area contributed by atoms with Crippen LogP contribution in [0, 0.1) is 0 Å². The highest BCUT2D eigenvalue weighted by Crippen LogP contribution is 2.17. The van der Waals surface area contributed by atoms with Gasteiger partial charge in [0.25, 0.3) is 0 Å². The molecule has 0 aliphatic carbocycles.